The van der Waals surface area contributed by atoms with E-state index in [1.165, 1.54) is 18.3 Å². The van der Waals surface area contributed by atoms with Gasteiger partial charge in [-0.3, -0.25) is 14.2 Å². The van der Waals surface area contributed by atoms with Gasteiger partial charge in [0.25, 0.3) is 5.56 Å². The van der Waals surface area contributed by atoms with E-state index in [2.05, 4.69) is 0 Å². The van der Waals surface area contributed by atoms with Crippen molar-refractivity contribution in [1.29, 1.82) is 0 Å². The maximum absolute atomic E-state index is 14.1. The number of carbonyl (C=O) groups is 2. The van der Waals surface area contributed by atoms with Crippen LogP contribution in [-0.2, 0) is 9.53 Å². The lowest BCUT2D eigenvalue weighted by Crippen LogP contribution is -2.40. The van der Waals surface area contributed by atoms with Crippen LogP contribution in [0.15, 0.2) is 116 Å². The minimum absolute atomic E-state index is 0.00732. The van der Waals surface area contributed by atoms with Crippen LogP contribution in [-0.4, -0.2) is 29.2 Å². The van der Waals surface area contributed by atoms with E-state index in [0.29, 0.717) is 37.7 Å². The number of aromatic nitrogens is 1. The zero-order chi connectivity index (χ0) is 30.8. The monoisotopic (exact) mass is 620 g/mol. The molecule has 1 aliphatic heterocycles. The lowest BCUT2D eigenvalue weighted by Gasteiger charge is -2.26. The molecule has 0 amide bonds. The first kappa shape index (κ1) is 29.3. The van der Waals surface area contributed by atoms with Crippen LogP contribution in [0.5, 0.6) is 0 Å². The standard InChI is InChI=1S/C35H28N2O5S2/c1-4-41-34(40)30-31(24-8-6-5-7-9-24)36-35-37(32(30)25-14-17-27(43-3)18-15-25)33(39)29(44-35)20-26-16-19-28(42-26)23-12-10-22(11-13-23)21(2)38/h5-20,32H,4H2,1-3H3/t32-/m1/s1. The summed E-state index contributed by atoms with van der Waals surface area (Å²) in [4.78, 5) is 45.8. The van der Waals surface area contributed by atoms with Gasteiger partial charge in [0.1, 0.15) is 11.5 Å². The maximum atomic E-state index is 14.1. The van der Waals surface area contributed by atoms with E-state index >= 15 is 0 Å². The van der Waals surface area contributed by atoms with Crippen LogP contribution in [0.2, 0.25) is 0 Å². The first-order valence-corrected chi connectivity index (χ1v) is 16.1. The summed E-state index contributed by atoms with van der Waals surface area (Å²) in [5.41, 5.74) is 3.47. The van der Waals surface area contributed by atoms with Gasteiger partial charge >= 0.3 is 5.97 Å². The Balaban J connectivity index is 1.52. The number of ketones is 1. The molecule has 0 fully saturated rings. The maximum Gasteiger partial charge on any atom is 0.338 e. The van der Waals surface area contributed by atoms with Crippen LogP contribution >= 0.6 is 23.1 Å². The number of thioether (sulfide) groups is 1. The second-order valence-electron chi connectivity index (χ2n) is 10.0. The summed E-state index contributed by atoms with van der Waals surface area (Å²) in [6.45, 7) is 3.47. The normalized spacial score (nSPS) is 14.7. The molecule has 0 saturated carbocycles. The molecule has 0 saturated heterocycles. The van der Waals surface area contributed by atoms with Crippen molar-refractivity contribution in [2.24, 2.45) is 4.99 Å². The molecule has 0 spiro atoms. The summed E-state index contributed by atoms with van der Waals surface area (Å²) in [7, 11) is 0. The van der Waals surface area contributed by atoms with Crippen molar-refractivity contribution in [2.45, 2.75) is 24.8 Å². The molecule has 1 atom stereocenters. The molecule has 220 valence electrons. The third-order valence-corrected chi connectivity index (χ3v) is 9.01. The SMILES string of the molecule is CCOC(=O)C1=C(c2ccccc2)N=c2sc(=Cc3ccc(-c4ccc(C(C)=O)cc4)o3)c(=O)n2[C@@H]1c1ccc(SC)cc1. The van der Waals surface area contributed by atoms with E-state index in [0.717, 1.165) is 21.6 Å². The molecule has 6 rings (SSSR count). The minimum Gasteiger partial charge on any atom is -0.463 e. The van der Waals surface area contributed by atoms with Gasteiger partial charge in [0, 0.05) is 27.7 Å². The zero-order valence-corrected chi connectivity index (χ0v) is 25.9. The van der Waals surface area contributed by atoms with Gasteiger partial charge in [-0.1, -0.05) is 78.1 Å². The summed E-state index contributed by atoms with van der Waals surface area (Å²) in [5, 5.41) is 0. The van der Waals surface area contributed by atoms with Crippen molar-refractivity contribution in [3.05, 3.63) is 139 Å². The smallest absolute Gasteiger partial charge is 0.338 e. The van der Waals surface area contributed by atoms with E-state index < -0.39 is 12.0 Å². The van der Waals surface area contributed by atoms with Crippen molar-refractivity contribution < 1.29 is 18.7 Å². The molecule has 7 nitrogen and oxygen atoms in total. The fourth-order valence-corrected chi connectivity index (χ4v) is 6.52. The number of hydrogen-bond acceptors (Lipinski definition) is 8. The van der Waals surface area contributed by atoms with Crippen LogP contribution in [0.25, 0.3) is 23.1 Å². The van der Waals surface area contributed by atoms with Crippen LogP contribution in [0, 0.1) is 0 Å². The average molecular weight is 621 g/mol. The Morgan fingerprint density at radius 2 is 1.70 bits per heavy atom. The molecule has 3 heterocycles. The largest absolute Gasteiger partial charge is 0.463 e. The van der Waals surface area contributed by atoms with Gasteiger partial charge in [-0.15, -0.1) is 11.8 Å². The van der Waals surface area contributed by atoms with Crippen LogP contribution in [0.4, 0.5) is 0 Å². The Morgan fingerprint density at radius 3 is 2.36 bits per heavy atom. The molecule has 2 aromatic heterocycles. The topological polar surface area (TPSA) is 90.9 Å². The third kappa shape index (κ3) is 5.64. The summed E-state index contributed by atoms with van der Waals surface area (Å²) in [5.74, 6) is 0.582. The van der Waals surface area contributed by atoms with Crippen molar-refractivity contribution in [3.63, 3.8) is 0 Å². The highest BCUT2D eigenvalue weighted by molar-refractivity contribution is 7.98. The second-order valence-corrected chi connectivity index (χ2v) is 11.9. The predicted octanol–water partition coefficient (Wildman–Crippen LogP) is 6.12. The molecule has 0 unspecified atom stereocenters. The number of rotatable bonds is 8. The van der Waals surface area contributed by atoms with Crippen LogP contribution in [0.3, 0.4) is 0 Å². The van der Waals surface area contributed by atoms with Crippen molar-refractivity contribution >= 4 is 46.6 Å². The number of carbonyl (C=O) groups excluding carboxylic acids is 2. The Labute approximate surface area is 261 Å². The number of fused-ring (bicyclic) bond motifs is 1. The van der Waals surface area contributed by atoms with Crippen LogP contribution < -0.4 is 14.9 Å². The van der Waals surface area contributed by atoms with Gasteiger partial charge in [0.05, 0.1) is 28.5 Å². The summed E-state index contributed by atoms with van der Waals surface area (Å²) in [6, 6.07) is 27.4. The molecule has 0 radical (unpaired) electrons. The first-order valence-electron chi connectivity index (χ1n) is 14.0. The molecule has 0 bridgehead atoms. The molecule has 0 N–H and O–H groups in total. The molecular weight excluding hydrogens is 593 g/mol. The van der Waals surface area contributed by atoms with Crippen LogP contribution in [0.1, 0.15) is 47.1 Å². The van der Waals surface area contributed by atoms with Crippen molar-refractivity contribution in [1.82, 2.24) is 4.57 Å². The van der Waals surface area contributed by atoms with Gasteiger partial charge < -0.3 is 9.15 Å². The van der Waals surface area contributed by atoms with E-state index in [9.17, 15) is 14.4 Å². The number of Topliss-reactive ketones (excluding diaryl/α,β-unsaturated/α-hetero) is 1. The highest BCUT2D eigenvalue weighted by Gasteiger charge is 2.35. The third-order valence-electron chi connectivity index (χ3n) is 7.28. The van der Waals surface area contributed by atoms with E-state index in [1.807, 2.05) is 79.1 Å². The Bertz CT molecular complexity index is 2070. The minimum atomic E-state index is -0.745. The van der Waals surface area contributed by atoms with Gasteiger partial charge in [-0.05, 0) is 49.9 Å². The molecule has 9 heteroatoms. The zero-order valence-electron chi connectivity index (χ0n) is 24.3. The highest BCUT2D eigenvalue weighted by atomic mass is 32.2. The van der Waals surface area contributed by atoms with Gasteiger partial charge in [0.2, 0.25) is 0 Å². The quantitative estimate of drug-likeness (QED) is 0.118. The molecule has 0 aliphatic carbocycles. The van der Waals surface area contributed by atoms with Gasteiger partial charge in [-0.2, -0.15) is 0 Å². The number of esters is 1. The second kappa shape index (κ2) is 12.5. The molecule has 44 heavy (non-hydrogen) atoms. The first-order chi connectivity index (χ1) is 21.4. The van der Waals surface area contributed by atoms with E-state index in [4.69, 9.17) is 14.1 Å². The predicted molar refractivity (Wildman–Crippen MR) is 173 cm³/mol. The molecule has 5 aromatic rings. The number of ether oxygens (including phenoxy) is 1. The molecule has 3 aromatic carbocycles. The number of hydrogen-bond donors (Lipinski definition) is 0. The lowest BCUT2D eigenvalue weighted by molar-refractivity contribution is -0.138. The highest BCUT2D eigenvalue weighted by Crippen LogP contribution is 2.35. The average Bonchev–Trinajstić information content (AvgIpc) is 3.65. The van der Waals surface area contributed by atoms with Gasteiger partial charge in [-0.25, -0.2) is 9.79 Å². The molecular formula is C35H28N2O5S2. The summed E-state index contributed by atoms with van der Waals surface area (Å²) >= 11 is 2.85. The summed E-state index contributed by atoms with van der Waals surface area (Å²) in [6.07, 6.45) is 3.69. The molecule has 1 aliphatic rings. The Morgan fingerprint density at radius 1 is 0.977 bits per heavy atom. The number of thiazole rings is 1. The number of benzene rings is 3. The summed E-state index contributed by atoms with van der Waals surface area (Å²) < 4.78 is 13.6. The Hall–Kier alpha value is -4.73. The van der Waals surface area contributed by atoms with Crippen molar-refractivity contribution in [3.8, 4) is 11.3 Å². The van der Waals surface area contributed by atoms with Crippen molar-refractivity contribution in [2.75, 3.05) is 12.9 Å². The fourth-order valence-electron chi connectivity index (χ4n) is 5.13. The Kier molecular flexibility index (Phi) is 8.32. The van der Waals surface area contributed by atoms with E-state index in [1.54, 1.807) is 47.5 Å². The number of furan rings is 1. The van der Waals surface area contributed by atoms with Gasteiger partial charge in [0.15, 0.2) is 10.6 Å². The number of nitrogens with zero attached hydrogens (tertiary/aromatic N) is 2. The fraction of sp³-hybridized carbons (Fsp3) is 0.143. The van der Waals surface area contributed by atoms with E-state index in [-0.39, 0.29) is 17.9 Å². The lowest BCUT2D eigenvalue weighted by atomic mass is 9.93.